The Kier molecular flexibility index (Phi) is 3.69. The quantitative estimate of drug-likeness (QED) is 0.788. The van der Waals surface area contributed by atoms with Crippen LogP contribution in [0.1, 0.15) is 44.7 Å². The molecule has 122 valence electrons. The van der Waals surface area contributed by atoms with Crippen LogP contribution in [-0.2, 0) is 0 Å². The maximum Gasteiger partial charge on any atom is 0.196 e. The maximum atomic E-state index is 13.0. The molecule has 4 rings (SSSR count). The molecule has 4 heteroatoms. The SMILES string of the molecule is O=C1c2ccccc2C(=O)c2c1cccc2N1CCC[C@@H](CO)C1. The van der Waals surface area contributed by atoms with Gasteiger partial charge < -0.3 is 10.0 Å². The molecule has 1 saturated heterocycles. The number of carbonyl (C=O) groups excluding carboxylic acids is 2. The maximum absolute atomic E-state index is 13.0. The van der Waals surface area contributed by atoms with Gasteiger partial charge in [0.15, 0.2) is 11.6 Å². The van der Waals surface area contributed by atoms with E-state index in [-0.39, 0.29) is 24.1 Å². The van der Waals surface area contributed by atoms with Crippen LogP contribution in [0.2, 0.25) is 0 Å². The molecule has 1 fully saturated rings. The summed E-state index contributed by atoms with van der Waals surface area (Å²) < 4.78 is 0. The Morgan fingerprint density at radius 2 is 1.67 bits per heavy atom. The van der Waals surface area contributed by atoms with Gasteiger partial charge in [-0.15, -0.1) is 0 Å². The summed E-state index contributed by atoms with van der Waals surface area (Å²) in [5.74, 6) is 0.0518. The van der Waals surface area contributed by atoms with Crippen LogP contribution in [0.25, 0.3) is 0 Å². The predicted octanol–water partition coefficient (Wildman–Crippen LogP) is 2.67. The van der Waals surface area contributed by atoms with Gasteiger partial charge in [0.2, 0.25) is 0 Å². The van der Waals surface area contributed by atoms with E-state index in [0.717, 1.165) is 31.6 Å². The number of anilines is 1. The van der Waals surface area contributed by atoms with Crippen LogP contribution in [0.15, 0.2) is 42.5 Å². The summed E-state index contributed by atoms with van der Waals surface area (Å²) in [6, 6.07) is 12.5. The minimum Gasteiger partial charge on any atom is -0.396 e. The highest BCUT2D eigenvalue weighted by atomic mass is 16.3. The van der Waals surface area contributed by atoms with E-state index in [1.165, 1.54) is 0 Å². The lowest BCUT2D eigenvalue weighted by Gasteiger charge is -2.35. The zero-order chi connectivity index (χ0) is 16.7. The topological polar surface area (TPSA) is 57.6 Å². The number of aliphatic hydroxyl groups excluding tert-OH is 1. The van der Waals surface area contributed by atoms with Crippen molar-refractivity contribution >= 4 is 17.3 Å². The molecule has 0 saturated carbocycles. The number of rotatable bonds is 2. The second kappa shape index (κ2) is 5.87. The normalized spacial score (nSPS) is 19.9. The summed E-state index contributed by atoms with van der Waals surface area (Å²) in [5, 5.41) is 9.47. The third-order valence-electron chi connectivity index (χ3n) is 5.05. The molecule has 1 N–H and O–H groups in total. The van der Waals surface area contributed by atoms with Gasteiger partial charge in [0.25, 0.3) is 0 Å². The molecule has 2 aromatic rings. The van der Waals surface area contributed by atoms with Gasteiger partial charge in [0.05, 0.1) is 5.56 Å². The van der Waals surface area contributed by atoms with Gasteiger partial charge in [-0.2, -0.15) is 0 Å². The van der Waals surface area contributed by atoms with Crippen molar-refractivity contribution in [1.29, 1.82) is 0 Å². The van der Waals surface area contributed by atoms with E-state index in [1.54, 1.807) is 30.3 Å². The number of hydrogen-bond donors (Lipinski definition) is 1. The summed E-state index contributed by atoms with van der Waals surface area (Å²) in [5.41, 5.74) is 2.79. The van der Waals surface area contributed by atoms with E-state index in [9.17, 15) is 14.7 Å². The molecule has 0 bridgehead atoms. The average Bonchev–Trinajstić information content (AvgIpc) is 2.65. The largest absolute Gasteiger partial charge is 0.396 e. The molecule has 24 heavy (non-hydrogen) atoms. The van der Waals surface area contributed by atoms with Crippen molar-refractivity contribution in [1.82, 2.24) is 0 Å². The van der Waals surface area contributed by atoms with Crippen LogP contribution in [0, 0.1) is 5.92 Å². The van der Waals surface area contributed by atoms with Gasteiger partial charge in [-0.05, 0) is 24.8 Å². The van der Waals surface area contributed by atoms with Crippen LogP contribution in [0.3, 0.4) is 0 Å². The average molecular weight is 321 g/mol. The molecule has 1 aliphatic heterocycles. The molecule has 1 atom stereocenters. The van der Waals surface area contributed by atoms with Gasteiger partial charge in [0, 0.05) is 42.1 Å². The van der Waals surface area contributed by atoms with Crippen molar-refractivity contribution in [3.05, 3.63) is 64.7 Å². The third-order valence-corrected chi connectivity index (χ3v) is 5.05. The number of nitrogens with zero attached hydrogens (tertiary/aromatic N) is 1. The third kappa shape index (κ3) is 2.26. The van der Waals surface area contributed by atoms with E-state index in [1.807, 2.05) is 12.1 Å². The van der Waals surface area contributed by atoms with Crippen molar-refractivity contribution in [3.8, 4) is 0 Å². The highest BCUT2D eigenvalue weighted by Gasteiger charge is 2.33. The van der Waals surface area contributed by atoms with Crippen LogP contribution in [0.5, 0.6) is 0 Å². The lowest BCUT2D eigenvalue weighted by molar-refractivity contribution is 0.0979. The van der Waals surface area contributed by atoms with E-state index in [0.29, 0.717) is 22.3 Å². The number of fused-ring (bicyclic) bond motifs is 2. The number of aliphatic hydroxyl groups is 1. The second-order valence-electron chi connectivity index (χ2n) is 6.54. The molecule has 0 spiro atoms. The van der Waals surface area contributed by atoms with Gasteiger partial charge >= 0.3 is 0 Å². The fraction of sp³-hybridized carbons (Fsp3) is 0.300. The van der Waals surface area contributed by atoms with E-state index in [4.69, 9.17) is 0 Å². The Morgan fingerprint density at radius 3 is 2.42 bits per heavy atom. The number of carbonyl (C=O) groups is 2. The number of ketones is 2. The molecule has 0 unspecified atom stereocenters. The zero-order valence-electron chi connectivity index (χ0n) is 13.4. The van der Waals surface area contributed by atoms with E-state index >= 15 is 0 Å². The Balaban J connectivity index is 1.83. The van der Waals surface area contributed by atoms with Gasteiger partial charge in [-0.25, -0.2) is 0 Å². The first-order chi connectivity index (χ1) is 11.7. The fourth-order valence-corrected chi connectivity index (χ4v) is 3.82. The fourth-order valence-electron chi connectivity index (χ4n) is 3.82. The minimum absolute atomic E-state index is 0.0816. The molecule has 1 heterocycles. The molecular weight excluding hydrogens is 302 g/mol. The molecule has 2 aliphatic rings. The molecule has 4 nitrogen and oxygen atoms in total. The molecule has 1 aliphatic carbocycles. The standard InChI is InChI=1S/C20H19NO3/c22-12-13-5-4-10-21(11-13)17-9-3-8-16-18(17)20(24)15-7-2-1-6-14(15)19(16)23/h1-3,6-9,13,22H,4-5,10-12H2/t13-/m1/s1. The summed E-state index contributed by atoms with van der Waals surface area (Å²) >= 11 is 0. The summed E-state index contributed by atoms with van der Waals surface area (Å²) in [6.45, 7) is 1.72. The first-order valence-corrected chi connectivity index (χ1v) is 8.38. The second-order valence-corrected chi connectivity index (χ2v) is 6.54. The lowest BCUT2D eigenvalue weighted by atomic mass is 9.82. The zero-order valence-corrected chi connectivity index (χ0v) is 13.4. The Bertz CT molecular complexity index is 827. The van der Waals surface area contributed by atoms with Gasteiger partial charge in [-0.1, -0.05) is 36.4 Å². The first kappa shape index (κ1) is 15.1. The Labute approximate surface area is 140 Å². The smallest absolute Gasteiger partial charge is 0.196 e. The summed E-state index contributed by atoms with van der Waals surface area (Å²) in [6.07, 6.45) is 1.98. The molecule has 0 radical (unpaired) electrons. The molecule has 0 aromatic heterocycles. The minimum atomic E-state index is -0.0854. The number of hydrogen-bond acceptors (Lipinski definition) is 4. The highest BCUT2D eigenvalue weighted by molar-refractivity contribution is 6.30. The monoisotopic (exact) mass is 321 g/mol. The van der Waals surface area contributed by atoms with E-state index in [2.05, 4.69) is 4.90 Å². The van der Waals surface area contributed by atoms with Crippen molar-refractivity contribution in [2.75, 3.05) is 24.6 Å². The van der Waals surface area contributed by atoms with Gasteiger partial charge in [-0.3, -0.25) is 9.59 Å². The van der Waals surface area contributed by atoms with Crippen LogP contribution in [0.4, 0.5) is 5.69 Å². The van der Waals surface area contributed by atoms with Crippen LogP contribution in [-0.4, -0.2) is 36.4 Å². The molecular formula is C20H19NO3. The molecule has 0 amide bonds. The van der Waals surface area contributed by atoms with E-state index < -0.39 is 0 Å². The molecule has 2 aromatic carbocycles. The van der Waals surface area contributed by atoms with Gasteiger partial charge in [0.1, 0.15) is 0 Å². The Morgan fingerprint density at radius 1 is 0.958 bits per heavy atom. The van der Waals surface area contributed by atoms with Crippen molar-refractivity contribution in [2.24, 2.45) is 5.92 Å². The lowest BCUT2D eigenvalue weighted by Crippen LogP contribution is -2.38. The highest BCUT2D eigenvalue weighted by Crippen LogP contribution is 2.35. The van der Waals surface area contributed by atoms with Crippen molar-refractivity contribution in [3.63, 3.8) is 0 Å². The number of piperidine rings is 1. The van der Waals surface area contributed by atoms with Crippen molar-refractivity contribution < 1.29 is 14.7 Å². The Hall–Kier alpha value is -2.46. The van der Waals surface area contributed by atoms with Crippen LogP contribution >= 0.6 is 0 Å². The summed E-state index contributed by atoms with van der Waals surface area (Å²) in [7, 11) is 0. The van der Waals surface area contributed by atoms with Crippen LogP contribution < -0.4 is 4.90 Å². The first-order valence-electron chi connectivity index (χ1n) is 8.38. The number of benzene rings is 2. The summed E-state index contributed by atoms with van der Waals surface area (Å²) in [4.78, 5) is 28.0. The van der Waals surface area contributed by atoms with Crippen molar-refractivity contribution in [2.45, 2.75) is 12.8 Å². The predicted molar refractivity (Wildman–Crippen MR) is 91.8 cm³/mol.